The highest BCUT2D eigenvalue weighted by atomic mass is 35.5. The normalized spacial score (nSPS) is 10.5. The Morgan fingerprint density at radius 3 is 2.78 bits per heavy atom. The molecule has 5 nitrogen and oxygen atoms in total. The molecule has 23 heavy (non-hydrogen) atoms. The van der Waals surface area contributed by atoms with Gasteiger partial charge in [-0.15, -0.1) is 0 Å². The molecule has 0 aliphatic carbocycles. The number of carbonyl (C=O) groups excluding carboxylic acids is 1. The molecule has 3 rings (SSSR count). The maximum Gasteiger partial charge on any atom is 0.277 e. The lowest BCUT2D eigenvalue weighted by atomic mass is 10.1. The molecule has 3 N–H and O–H groups in total. The number of nitrogens with zero attached hydrogens (tertiary/aromatic N) is 1. The maximum atomic E-state index is 12.3. The summed E-state index contributed by atoms with van der Waals surface area (Å²) >= 11 is 5.95. The van der Waals surface area contributed by atoms with Crippen LogP contribution < -0.4 is 11.1 Å². The first-order valence-electron chi connectivity index (χ1n) is 6.93. The van der Waals surface area contributed by atoms with Crippen LogP contribution in [0.4, 0.5) is 11.4 Å². The second-order valence-corrected chi connectivity index (χ2v) is 5.55. The second-order valence-electron chi connectivity index (χ2n) is 5.12. The lowest BCUT2D eigenvalue weighted by Gasteiger charge is -2.07. The van der Waals surface area contributed by atoms with E-state index < -0.39 is 0 Å². The van der Waals surface area contributed by atoms with Crippen LogP contribution in [-0.2, 0) is 0 Å². The summed E-state index contributed by atoms with van der Waals surface area (Å²) < 4.78 is 5.22. The van der Waals surface area contributed by atoms with Crippen LogP contribution in [0, 0.1) is 6.92 Å². The van der Waals surface area contributed by atoms with E-state index in [9.17, 15) is 4.79 Å². The quantitative estimate of drug-likeness (QED) is 0.708. The highest BCUT2D eigenvalue weighted by Gasteiger charge is 2.15. The van der Waals surface area contributed by atoms with Gasteiger partial charge in [-0.2, -0.15) is 0 Å². The molecule has 1 aromatic heterocycles. The summed E-state index contributed by atoms with van der Waals surface area (Å²) in [5.74, 6) is 0.126. The molecule has 3 aromatic rings. The summed E-state index contributed by atoms with van der Waals surface area (Å²) in [4.78, 5) is 12.3. The van der Waals surface area contributed by atoms with Crippen molar-refractivity contribution in [1.82, 2.24) is 5.16 Å². The number of rotatable bonds is 3. The lowest BCUT2D eigenvalue weighted by molar-refractivity contribution is 0.101. The first-order valence-corrected chi connectivity index (χ1v) is 7.31. The van der Waals surface area contributed by atoms with Gasteiger partial charge in [0.2, 0.25) is 0 Å². The number of nitrogens with one attached hydrogen (secondary N) is 1. The number of halogens is 1. The van der Waals surface area contributed by atoms with Gasteiger partial charge >= 0.3 is 0 Å². The number of nitrogens with two attached hydrogens (primary N) is 1. The standard InChI is InChI=1S/C17H14ClN3O2/c1-10-7-13(19)5-6-14(10)20-17(22)15-9-16(23-21-15)11-3-2-4-12(18)8-11/h2-9H,19H2,1H3,(H,20,22). The van der Waals surface area contributed by atoms with E-state index in [0.717, 1.165) is 11.1 Å². The summed E-state index contributed by atoms with van der Waals surface area (Å²) in [6.07, 6.45) is 0. The van der Waals surface area contributed by atoms with Crippen LogP contribution >= 0.6 is 11.6 Å². The topological polar surface area (TPSA) is 81.1 Å². The monoisotopic (exact) mass is 327 g/mol. The number of hydrogen-bond acceptors (Lipinski definition) is 4. The Morgan fingerprint density at radius 2 is 2.04 bits per heavy atom. The molecular weight excluding hydrogens is 314 g/mol. The molecule has 0 radical (unpaired) electrons. The molecule has 0 saturated heterocycles. The number of hydrogen-bond donors (Lipinski definition) is 2. The number of aromatic nitrogens is 1. The third-order valence-electron chi connectivity index (χ3n) is 3.35. The van der Waals surface area contributed by atoms with Gasteiger partial charge in [-0.25, -0.2) is 0 Å². The van der Waals surface area contributed by atoms with Gasteiger partial charge in [0.15, 0.2) is 11.5 Å². The van der Waals surface area contributed by atoms with Crippen LogP contribution in [0.3, 0.4) is 0 Å². The number of benzene rings is 2. The fourth-order valence-electron chi connectivity index (χ4n) is 2.17. The maximum absolute atomic E-state index is 12.3. The van der Waals surface area contributed by atoms with E-state index in [1.54, 1.807) is 42.5 Å². The van der Waals surface area contributed by atoms with E-state index in [1.165, 1.54) is 0 Å². The molecular formula is C17H14ClN3O2. The number of aryl methyl sites for hydroxylation is 1. The molecule has 116 valence electrons. The highest BCUT2D eigenvalue weighted by Crippen LogP contribution is 2.24. The van der Waals surface area contributed by atoms with Gasteiger partial charge in [-0.05, 0) is 42.8 Å². The zero-order chi connectivity index (χ0) is 16.4. The Hall–Kier alpha value is -2.79. The predicted molar refractivity (Wildman–Crippen MR) is 90.5 cm³/mol. The van der Waals surface area contributed by atoms with E-state index in [2.05, 4.69) is 10.5 Å². The van der Waals surface area contributed by atoms with Crippen LogP contribution in [0.2, 0.25) is 5.02 Å². The molecule has 1 heterocycles. The third-order valence-corrected chi connectivity index (χ3v) is 3.59. The molecule has 0 saturated carbocycles. The van der Waals surface area contributed by atoms with Gasteiger partial charge in [0.05, 0.1) is 0 Å². The van der Waals surface area contributed by atoms with Crippen molar-refractivity contribution in [2.45, 2.75) is 6.92 Å². The van der Waals surface area contributed by atoms with E-state index in [4.69, 9.17) is 21.9 Å². The van der Waals surface area contributed by atoms with Crippen molar-refractivity contribution in [2.24, 2.45) is 0 Å². The van der Waals surface area contributed by atoms with Crippen molar-refractivity contribution in [1.29, 1.82) is 0 Å². The van der Waals surface area contributed by atoms with Crippen LogP contribution in [0.1, 0.15) is 16.1 Å². The van der Waals surface area contributed by atoms with Gasteiger partial charge in [-0.1, -0.05) is 28.9 Å². The summed E-state index contributed by atoms with van der Waals surface area (Å²) in [6, 6.07) is 14.0. The second kappa shape index (κ2) is 6.14. The van der Waals surface area contributed by atoms with Crippen molar-refractivity contribution in [3.63, 3.8) is 0 Å². The summed E-state index contributed by atoms with van der Waals surface area (Å²) in [5.41, 5.74) is 8.84. The number of nitrogen functional groups attached to an aromatic ring is 1. The smallest absolute Gasteiger partial charge is 0.277 e. The van der Waals surface area contributed by atoms with Crippen LogP contribution in [0.25, 0.3) is 11.3 Å². The molecule has 6 heteroatoms. The Kier molecular flexibility index (Phi) is 4.04. The van der Waals surface area contributed by atoms with Crippen molar-refractivity contribution >= 4 is 28.9 Å². The van der Waals surface area contributed by atoms with Crippen molar-refractivity contribution < 1.29 is 9.32 Å². The Labute approximate surface area is 138 Å². The van der Waals surface area contributed by atoms with Crippen molar-refractivity contribution in [3.05, 3.63) is 64.8 Å². The van der Waals surface area contributed by atoms with Gasteiger partial charge in [-0.3, -0.25) is 4.79 Å². The SMILES string of the molecule is Cc1cc(N)ccc1NC(=O)c1cc(-c2cccc(Cl)c2)on1. The first kappa shape index (κ1) is 15.1. The Morgan fingerprint density at radius 1 is 1.22 bits per heavy atom. The fraction of sp³-hybridized carbons (Fsp3) is 0.0588. The largest absolute Gasteiger partial charge is 0.399 e. The average Bonchev–Trinajstić information content (AvgIpc) is 3.00. The summed E-state index contributed by atoms with van der Waals surface area (Å²) in [7, 11) is 0. The van der Waals surface area contributed by atoms with Gasteiger partial charge in [0.25, 0.3) is 5.91 Å². The predicted octanol–water partition coefficient (Wildman–Crippen LogP) is 4.14. The lowest BCUT2D eigenvalue weighted by Crippen LogP contribution is -2.13. The van der Waals surface area contributed by atoms with E-state index in [0.29, 0.717) is 22.2 Å². The Balaban J connectivity index is 1.81. The van der Waals surface area contributed by atoms with Crippen molar-refractivity contribution in [2.75, 3.05) is 11.1 Å². The van der Waals surface area contributed by atoms with E-state index in [1.807, 2.05) is 13.0 Å². The van der Waals surface area contributed by atoms with Crippen LogP contribution in [-0.4, -0.2) is 11.1 Å². The van der Waals surface area contributed by atoms with Crippen LogP contribution in [0.15, 0.2) is 53.1 Å². The first-order chi connectivity index (χ1) is 11.0. The minimum absolute atomic E-state index is 0.191. The van der Waals surface area contributed by atoms with Crippen molar-refractivity contribution in [3.8, 4) is 11.3 Å². The average molecular weight is 328 g/mol. The van der Waals surface area contributed by atoms with E-state index in [-0.39, 0.29) is 11.6 Å². The molecule has 0 aliphatic heterocycles. The molecule has 0 bridgehead atoms. The molecule has 2 aromatic carbocycles. The molecule has 0 aliphatic rings. The Bertz CT molecular complexity index is 874. The highest BCUT2D eigenvalue weighted by molar-refractivity contribution is 6.30. The number of amides is 1. The van der Waals surface area contributed by atoms with Gasteiger partial charge in [0.1, 0.15) is 0 Å². The van der Waals surface area contributed by atoms with Gasteiger partial charge in [0, 0.05) is 28.0 Å². The molecule has 0 fully saturated rings. The summed E-state index contributed by atoms with van der Waals surface area (Å²) in [5, 5.41) is 7.18. The van der Waals surface area contributed by atoms with E-state index >= 15 is 0 Å². The van der Waals surface area contributed by atoms with Crippen LogP contribution in [0.5, 0.6) is 0 Å². The zero-order valence-electron chi connectivity index (χ0n) is 12.3. The number of carbonyl (C=O) groups is 1. The molecule has 0 unspecified atom stereocenters. The molecule has 1 amide bonds. The number of anilines is 2. The van der Waals surface area contributed by atoms with Gasteiger partial charge < -0.3 is 15.6 Å². The fourth-order valence-corrected chi connectivity index (χ4v) is 2.36. The minimum atomic E-state index is -0.352. The minimum Gasteiger partial charge on any atom is -0.399 e. The molecule has 0 atom stereocenters. The summed E-state index contributed by atoms with van der Waals surface area (Å²) in [6.45, 7) is 1.87. The zero-order valence-corrected chi connectivity index (χ0v) is 13.1. The molecule has 0 spiro atoms. The third kappa shape index (κ3) is 3.35.